The molecule has 50 heavy (non-hydrogen) atoms. The molecule has 1 aliphatic carbocycles. The number of hydrogen-bond donors (Lipinski definition) is 3. The number of aromatic nitrogens is 1. The molecule has 3 aromatic rings. The lowest BCUT2D eigenvalue weighted by Gasteiger charge is -2.35. The Labute approximate surface area is 280 Å². The van der Waals surface area contributed by atoms with Crippen LogP contribution in [0.5, 0.6) is 17.2 Å². The van der Waals surface area contributed by atoms with Crippen molar-refractivity contribution < 1.29 is 64.4 Å². The summed E-state index contributed by atoms with van der Waals surface area (Å²) in [4.78, 5) is 28.3. The molecule has 17 heteroatoms. The van der Waals surface area contributed by atoms with Crippen molar-refractivity contribution in [3.8, 4) is 28.5 Å². The molecule has 0 radical (unpaired) electrons. The Morgan fingerprint density at radius 3 is 2.32 bits per heavy atom. The number of fused-ring (bicyclic) bond motifs is 1. The lowest BCUT2D eigenvalue weighted by molar-refractivity contribution is -0.265. The normalized spacial score (nSPS) is 19.1. The first-order chi connectivity index (χ1) is 23.4. The van der Waals surface area contributed by atoms with E-state index in [4.69, 9.17) is 18.9 Å². The maximum Gasteiger partial charge on any atom is 0.424 e. The number of carbonyl (C=O) groups is 2. The fourth-order valence-corrected chi connectivity index (χ4v) is 5.33. The predicted octanol–water partition coefficient (Wildman–Crippen LogP) is 5.31. The summed E-state index contributed by atoms with van der Waals surface area (Å²) >= 11 is 0. The number of methoxy groups -OCH3 is 1. The van der Waals surface area contributed by atoms with E-state index in [0.29, 0.717) is 11.8 Å². The van der Waals surface area contributed by atoms with Crippen LogP contribution >= 0.6 is 0 Å². The van der Waals surface area contributed by atoms with Crippen molar-refractivity contribution in [2.24, 2.45) is 0 Å². The number of pyridine rings is 1. The van der Waals surface area contributed by atoms with Crippen molar-refractivity contribution in [2.75, 3.05) is 26.9 Å². The van der Waals surface area contributed by atoms with Crippen LogP contribution in [0, 0.1) is 5.82 Å². The van der Waals surface area contributed by atoms with Crippen molar-refractivity contribution in [3.63, 3.8) is 0 Å². The highest BCUT2D eigenvalue weighted by molar-refractivity contribution is 5.95. The molecule has 1 aliphatic heterocycles. The maximum atomic E-state index is 15.0. The molecule has 1 aromatic heterocycles. The Balaban J connectivity index is 1.59. The van der Waals surface area contributed by atoms with Gasteiger partial charge in [-0.15, -0.1) is 0 Å². The number of rotatable bonds is 12. The number of benzene rings is 2. The van der Waals surface area contributed by atoms with Gasteiger partial charge in [0.15, 0.2) is 22.8 Å². The summed E-state index contributed by atoms with van der Waals surface area (Å²) in [7, 11) is 1.30. The van der Waals surface area contributed by atoms with E-state index in [1.165, 1.54) is 32.2 Å². The zero-order valence-electron chi connectivity index (χ0n) is 26.8. The molecule has 0 saturated heterocycles. The van der Waals surface area contributed by atoms with Crippen LogP contribution in [0.4, 0.5) is 30.7 Å². The number of hydrogen-bond acceptors (Lipinski definition) is 9. The summed E-state index contributed by atoms with van der Waals surface area (Å²) in [5, 5.41) is 15.6. The van der Waals surface area contributed by atoms with Gasteiger partial charge in [0, 0.05) is 29.7 Å². The molecule has 5 rings (SSSR count). The molecular formula is C33H32F7N3O7. The van der Waals surface area contributed by atoms with E-state index in [2.05, 4.69) is 10.3 Å². The second-order valence-corrected chi connectivity index (χ2v) is 12.0. The zero-order valence-corrected chi connectivity index (χ0v) is 26.8. The van der Waals surface area contributed by atoms with Crippen molar-refractivity contribution in [3.05, 3.63) is 71.2 Å². The number of ether oxygens (including phenoxy) is 4. The van der Waals surface area contributed by atoms with Gasteiger partial charge in [-0.2, -0.15) is 26.3 Å². The van der Waals surface area contributed by atoms with Crippen molar-refractivity contribution in [1.29, 1.82) is 0 Å². The Hall–Kier alpha value is -4.64. The van der Waals surface area contributed by atoms with Crippen LogP contribution in [0.2, 0.25) is 0 Å². The van der Waals surface area contributed by atoms with E-state index in [1.54, 1.807) is 0 Å². The molecule has 2 aromatic carbocycles. The van der Waals surface area contributed by atoms with Gasteiger partial charge in [0.1, 0.15) is 24.7 Å². The topological polar surface area (TPSA) is 128 Å². The Kier molecular flexibility index (Phi) is 9.95. The number of esters is 1. The molecule has 1 amide bonds. The molecule has 2 aliphatic rings. The molecular weight excluding hydrogens is 683 g/mol. The third-order valence-corrected chi connectivity index (χ3v) is 8.14. The van der Waals surface area contributed by atoms with E-state index in [1.807, 2.05) is 5.32 Å². The second-order valence-electron chi connectivity index (χ2n) is 12.0. The summed E-state index contributed by atoms with van der Waals surface area (Å²) in [5.41, 5.74) is -10.3. The first kappa shape index (κ1) is 36.6. The molecule has 10 nitrogen and oxygen atoms in total. The number of carbonyl (C=O) groups excluding carboxylic acids is 2. The highest BCUT2D eigenvalue weighted by Crippen LogP contribution is 2.52. The molecule has 1 fully saturated rings. The number of aliphatic hydroxyl groups is 1. The Morgan fingerprint density at radius 1 is 1.06 bits per heavy atom. The van der Waals surface area contributed by atoms with Crippen molar-refractivity contribution in [1.82, 2.24) is 15.6 Å². The summed E-state index contributed by atoms with van der Waals surface area (Å²) in [6.45, 7) is -1.01. The van der Waals surface area contributed by atoms with Gasteiger partial charge in [-0.1, -0.05) is 0 Å². The number of nitrogens with zero attached hydrogens (tertiary/aromatic N) is 1. The van der Waals surface area contributed by atoms with Crippen LogP contribution in [0.15, 0.2) is 48.5 Å². The lowest BCUT2D eigenvalue weighted by atomic mass is 9.86. The SMILES string of the molecule is COc1cc(C(=O)NC[C@](O)(c2cc3c(c(-c4ccc(F)cc4)n2)OC[C@@]3(NC(C)COC(C)=O)C(F)(F)F)C(F)(F)F)ccc1OC1CC1. The fraction of sp³-hybridized carbons (Fsp3) is 0.424. The molecule has 0 bridgehead atoms. The molecule has 3 N–H and O–H groups in total. The molecule has 1 unspecified atom stereocenters. The standard InChI is InChI=1S/C33H32F7N3O7/c1-17(14-48-18(2)44)43-30(32(35,36)37)16-49-28-23(30)13-26(42-27(28)19-4-7-21(34)8-5-19)31(46,33(38,39)40)15-41-29(45)20-6-11-24(25(12-20)47-3)50-22-9-10-22/h4-8,11-13,17,22,43,46H,9-10,14-16H2,1-3H3,(H,41,45)/t17?,30-,31-/m0/s1. The monoisotopic (exact) mass is 715 g/mol. The van der Waals surface area contributed by atoms with Crippen LogP contribution < -0.4 is 24.8 Å². The van der Waals surface area contributed by atoms with Gasteiger partial charge in [-0.25, -0.2) is 9.37 Å². The van der Waals surface area contributed by atoms with Crippen LogP contribution in [0.25, 0.3) is 11.3 Å². The summed E-state index contributed by atoms with van der Waals surface area (Å²) in [5.74, 6) is -2.78. The average molecular weight is 716 g/mol. The number of halogens is 7. The summed E-state index contributed by atoms with van der Waals surface area (Å²) in [6, 6.07) is 7.02. The van der Waals surface area contributed by atoms with Crippen molar-refractivity contribution >= 4 is 11.9 Å². The van der Waals surface area contributed by atoms with Crippen LogP contribution in [0.1, 0.15) is 48.3 Å². The third kappa shape index (κ3) is 7.28. The number of nitrogens with one attached hydrogen (secondary N) is 2. The molecule has 3 atom stereocenters. The highest BCUT2D eigenvalue weighted by Gasteiger charge is 2.63. The van der Waals surface area contributed by atoms with E-state index < -0.39 is 89.7 Å². The van der Waals surface area contributed by atoms with E-state index in [-0.39, 0.29) is 23.0 Å². The van der Waals surface area contributed by atoms with E-state index in [0.717, 1.165) is 44.0 Å². The fourth-order valence-electron chi connectivity index (χ4n) is 5.33. The zero-order chi connectivity index (χ0) is 36.6. The minimum absolute atomic E-state index is 0.0289. The Bertz CT molecular complexity index is 1750. The van der Waals surface area contributed by atoms with Gasteiger partial charge in [0.25, 0.3) is 5.91 Å². The quantitative estimate of drug-likeness (QED) is 0.169. The van der Waals surface area contributed by atoms with Crippen molar-refractivity contribution in [2.45, 2.75) is 62.3 Å². The predicted molar refractivity (Wildman–Crippen MR) is 161 cm³/mol. The Morgan fingerprint density at radius 2 is 1.74 bits per heavy atom. The smallest absolute Gasteiger partial charge is 0.424 e. The van der Waals surface area contributed by atoms with Gasteiger partial charge in [0.05, 0.1) is 25.5 Å². The molecule has 1 saturated carbocycles. The third-order valence-electron chi connectivity index (χ3n) is 8.14. The van der Waals surface area contributed by atoms with Gasteiger partial charge in [-0.05, 0) is 68.3 Å². The molecule has 2 heterocycles. The van der Waals surface area contributed by atoms with Crippen LogP contribution in [0.3, 0.4) is 0 Å². The molecule has 270 valence electrons. The second kappa shape index (κ2) is 13.6. The van der Waals surface area contributed by atoms with Gasteiger partial charge in [0.2, 0.25) is 5.60 Å². The minimum Gasteiger partial charge on any atom is -0.493 e. The van der Waals surface area contributed by atoms with E-state index >= 15 is 13.2 Å². The summed E-state index contributed by atoms with van der Waals surface area (Å²) in [6.07, 6.45) is -9.24. The maximum absolute atomic E-state index is 15.0. The highest BCUT2D eigenvalue weighted by atomic mass is 19.4. The largest absolute Gasteiger partial charge is 0.493 e. The minimum atomic E-state index is -5.61. The summed E-state index contributed by atoms with van der Waals surface area (Å²) < 4.78 is 125. The van der Waals surface area contributed by atoms with E-state index in [9.17, 15) is 32.3 Å². The lowest BCUT2D eigenvalue weighted by Crippen LogP contribution is -2.59. The van der Waals surface area contributed by atoms with Gasteiger partial charge < -0.3 is 29.4 Å². The number of alkyl halides is 6. The first-order valence-electron chi connectivity index (χ1n) is 15.2. The van der Waals surface area contributed by atoms with Crippen LogP contribution in [-0.2, 0) is 20.7 Å². The van der Waals surface area contributed by atoms with Gasteiger partial charge >= 0.3 is 18.3 Å². The van der Waals surface area contributed by atoms with Gasteiger partial charge in [-0.3, -0.25) is 14.9 Å². The average Bonchev–Trinajstić information content (AvgIpc) is 3.79. The first-order valence-corrected chi connectivity index (χ1v) is 15.2. The number of amides is 1. The van der Waals surface area contributed by atoms with Crippen LogP contribution in [-0.4, -0.2) is 73.3 Å². The molecule has 0 spiro atoms.